The van der Waals surface area contributed by atoms with E-state index in [9.17, 15) is 20.1 Å². The molecule has 0 radical (unpaired) electrons. The van der Waals surface area contributed by atoms with Gasteiger partial charge < -0.3 is 39.0 Å². The first kappa shape index (κ1) is 41.7. The molecule has 4 saturated carbocycles. The van der Waals surface area contributed by atoms with E-state index in [1.54, 1.807) is 6.92 Å². The molecule has 4 aliphatic rings. The summed E-state index contributed by atoms with van der Waals surface area (Å²) in [4.78, 5) is 11.2. The lowest BCUT2D eigenvalue weighted by Crippen LogP contribution is -2.40. The zero-order valence-corrected chi connectivity index (χ0v) is 32.1. The molecule has 0 aromatic heterocycles. The summed E-state index contributed by atoms with van der Waals surface area (Å²) >= 11 is 0. The van der Waals surface area contributed by atoms with Gasteiger partial charge in [-0.2, -0.15) is 0 Å². The first-order valence-corrected chi connectivity index (χ1v) is 20.1. The molecule has 0 amide bonds. The van der Waals surface area contributed by atoms with Gasteiger partial charge in [-0.1, -0.05) is 34.3 Å². The van der Waals surface area contributed by atoms with Gasteiger partial charge in [-0.05, 0) is 144 Å². The number of esters is 1. The Morgan fingerprint density at radius 1 is 0.600 bits per heavy atom. The van der Waals surface area contributed by atoms with Crippen LogP contribution in [0.15, 0.2) is 12.7 Å². The van der Waals surface area contributed by atoms with E-state index in [1.807, 2.05) is 0 Å². The van der Waals surface area contributed by atoms with Crippen LogP contribution in [0.3, 0.4) is 0 Å². The van der Waals surface area contributed by atoms with Crippen molar-refractivity contribution in [3.05, 3.63) is 12.7 Å². The molecule has 0 heterocycles. The van der Waals surface area contributed by atoms with E-state index in [2.05, 4.69) is 34.3 Å². The molecule has 290 valence electrons. The van der Waals surface area contributed by atoms with Crippen molar-refractivity contribution in [2.75, 3.05) is 26.4 Å². The lowest BCUT2D eigenvalue weighted by atomic mass is 9.60. The van der Waals surface area contributed by atoms with Gasteiger partial charge in [0.1, 0.15) is 12.7 Å². The third kappa shape index (κ3) is 12.5. The minimum Gasteiger partial charge on any atom is -0.460 e. The second-order valence-corrected chi connectivity index (χ2v) is 17.5. The lowest BCUT2D eigenvalue weighted by Gasteiger charge is -2.47. The number of aliphatic hydroxyl groups is 3. The van der Waals surface area contributed by atoms with Crippen LogP contribution in [0.25, 0.3) is 0 Å². The number of hydrogen-bond acceptors (Lipinski definition) is 9. The highest BCUT2D eigenvalue weighted by atomic mass is 16.6. The van der Waals surface area contributed by atoms with Crippen LogP contribution in [-0.4, -0.2) is 90.6 Å². The molecule has 4 rings (SSSR count). The molecule has 0 bridgehead atoms. The quantitative estimate of drug-likeness (QED) is 0.0775. The average molecular weight is 709 g/mol. The Kier molecular flexibility index (Phi) is 16.5. The van der Waals surface area contributed by atoms with Crippen LogP contribution >= 0.6 is 0 Å². The topological polar surface area (TPSA) is 124 Å². The van der Waals surface area contributed by atoms with Crippen molar-refractivity contribution < 1.29 is 43.8 Å². The molecule has 9 nitrogen and oxygen atoms in total. The van der Waals surface area contributed by atoms with Crippen molar-refractivity contribution in [1.82, 2.24) is 0 Å². The smallest absolute Gasteiger partial charge is 0.330 e. The van der Waals surface area contributed by atoms with Gasteiger partial charge in [-0.15, -0.1) is 0 Å². The SMILES string of the molecule is C=CC(=O)OCC(O)COC1CCC(C(C)(C)C2CCC(OC(O)COC3CCC(C(C)(C)C4CCC(OCC(C)O)CC4)CC3)CC2)CC1. The largest absolute Gasteiger partial charge is 0.460 e. The van der Waals surface area contributed by atoms with Crippen molar-refractivity contribution in [1.29, 1.82) is 0 Å². The van der Waals surface area contributed by atoms with Crippen LogP contribution in [0.2, 0.25) is 0 Å². The Labute approximate surface area is 303 Å². The van der Waals surface area contributed by atoms with Crippen molar-refractivity contribution in [2.45, 2.75) is 180 Å². The second-order valence-electron chi connectivity index (χ2n) is 17.5. The molecular weight excluding hydrogens is 636 g/mol. The first-order valence-electron chi connectivity index (χ1n) is 20.1. The summed E-state index contributed by atoms with van der Waals surface area (Å²) in [5, 5.41) is 30.4. The predicted molar refractivity (Wildman–Crippen MR) is 194 cm³/mol. The number of rotatable bonds is 18. The normalized spacial score (nSPS) is 33.3. The third-order valence-electron chi connectivity index (χ3n) is 13.4. The van der Waals surface area contributed by atoms with Gasteiger partial charge in [0.2, 0.25) is 0 Å². The summed E-state index contributed by atoms with van der Waals surface area (Å²) in [6.45, 7) is 15.8. The van der Waals surface area contributed by atoms with Gasteiger partial charge in [0.25, 0.3) is 0 Å². The Hall–Kier alpha value is -1.07. The van der Waals surface area contributed by atoms with Crippen molar-refractivity contribution in [3.8, 4) is 0 Å². The monoisotopic (exact) mass is 709 g/mol. The summed E-state index contributed by atoms with van der Waals surface area (Å²) in [6.07, 6.45) is 17.2. The van der Waals surface area contributed by atoms with Crippen LogP contribution < -0.4 is 0 Å². The van der Waals surface area contributed by atoms with Crippen LogP contribution in [0.5, 0.6) is 0 Å². The molecule has 0 saturated heterocycles. The maximum Gasteiger partial charge on any atom is 0.330 e. The summed E-state index contributed by atoms with van der Waals surface area (Å²) in [5.41, 5.74) is 0.538. The highest BCUT2D eigenvalue weighted by Crippen LogP contribution is 2.50. The average Bonchev–Trinajstić information content (AvgIpc) is 3.12. The summed E-state index contributed by atoms with van der Waals surface area (Å²) in [7, 11) is 0. The van der Waals surface area contributed by atoms with Crippen LogP contribution in [0.1, 0.15) is 137 Å². The van der Waals surface area contributed by atoms with Crippen molar-refractivity contribution in [3.63, 3.8) is 0 Å². The second kappa shape index (κ2) is 19.8. The van der Waals surface area contributed by atoms with Crippen LogP contribution in [-0.2, 0) is 28.5 Å². The lowest BCUT2D eigenvalue weighted by molar-refractivity contribution is -0.187. The Balaban J connectivity index is 1.07. The number of carbonyl (C=O) groups is 1. The Bertz CT molecular complexity index is 982. The molecule has 3 unspecified atom stereocenters. The van der Waals surface area contributed by atoms with E-state index in [0.29, 0.717) is 35.9 Å². The highest BCUT2D eigenvalue weighted by Gasteiger charge is 2.42. The standard InChI is InChI=1S/C41H72O9/c1-7-38(44)49-26-33(43)25-47-35-18-10-30(11-19-35)41(5,6)32-14-22-37(23-15-32)50-39(45)27-48-36-20-12-31(13-21-36)40(3,4)29-8-16-34(17-9-29)46-24-28(2)42/h7,28-37,39,42-43,45H,1,8-27H2,2-6H3. The number of carbonyl (C=O) groups excluding carboxylic acids is 1. The van der Waals surface area contributed by atoms with E-state index in [1.165, 1.54) is 25.7 Å². The summed E-state index contributed by atoms with van der Waals surface area (Å²) < 4.78 is 29.1. The third-order valence-corrected chi connectivity index (χ3v) is 13.4. The van der Waals surface area contributed by atoms with Gasteiger partial charge >= 0.3 is 5.97 Å². The van der Waals surface area contributed by atoms with Gasteiger partial charge in [-0.3, -0.25) is 0 Å². The molecule has 50 heavy (non-hydrogen) atoms. The summed E-state index contributed by atoms with van der Waals surface area (Å²) in [6, 6.07) is 0. The molecule has 0 aromatic rings. The zero-order chi connectivity index (χ0) is 36.3. The Morgan fingerprint density at radius 2 is 0.960 bits per heavy atom. The minimum absolute atomic E-state index is 0.0738. The molecule has 4 fully saturated rings. The van der Waals surface area contributed by atoms with E-state index in [0.717, 1.165) is 89.0 Å². The molecule has 3 N–H and O–H groups in total. The maximum atomic E-state index is 11.2. The van der Waals surface area contributed by atoms with Gasteiger partial charge in [0, 0.05) is 6.08 Å². The van der Waals surface area contributed by atoms with E-state index < -0.39 is 24.5 Å². The summed E-state index contributed by atoms with van der Waals surface area (Å²) in [5.74, 6) is 2.16. The molecule has 9 heteroatoms. The molecule has 3 atom stereocenters. The fraction of sp³-hybridized carbons (Fsp3) is 0.927. The van der Waals surface area contributed by atoms with Crippen LogP contribution in [0, 0.1) is 34.5 Å². The first-order chi connectivity index (χ1) is 23.8. The number of hydrogen-bond donors (Lipinski definition) is 3. The van der Waals surface area contributed by atoms with Gasteiger partial charge in [0.05, 0.1) is 50.3 Å². The maximum absolute atomic E-state index is 11.2. The number of ether oxygens (including phenoxy) is 5. The molecule has 0 aliphatic heterocycles. The zero-order valence-electron chi connectivity index (χ0n) is 32.1. The molecule has 0 spiro atoms. The fourth-order valence-electron chi connectivity index (χ4n) is 9.82. The molecular formula is C41H72O9. The van der Waals surface area contributed by atoms with Crippen LogP contribution in [0.4, 0.5) is 0 Å². The van der Waals surface area contributed by atoms with E-state index in [4.69, 9.17) is 23.7 Å². The predicted octanol–water partition coefficient (Wildman–Crippen LogP) is 7.13. The van der Waals surface area contributed by atoms with E-state index >= 15 is 0 Å². The Morgan fingerprint density at radius 3 is 1.34 bits per heavy atom. The molecule has 4 aliphatic carbocycles. The highest BCUT2D eigenvalue weighted by molar-refractivity contribution is 5.81. The fourth-order valence-corrected chi connectivity index (χ4v) is 9.82. The van der Waals surface area contributed by atoms with Gasteiger partial charge in [-0.25, -0.2) is 4.79 Å². The van der Waals surface area contributed by atoms with Gasteiger partial charge in [0.15, 0.2) is 6.29 Å². The number of aliphatic hydroxyl groups excluding tert-OH is 3. The van der Waals surface area contributed by atoms with E-state index in [-0.39, 0.29) is 43.5 Å². The minimum atomic E-state index is -0.868. The van der Waals surface area contributed by atoms with Crippen molar-refractivity contribution >= 4 is 5.97 Å². The molecule has 0 aromatic carbocycles. The van der Waals surface area contributed by atoms with Crippen molar-refractivity contribution in [2.24, 2.45) is 34.5 Å².